The van der Waals surface area contributed by atoms with Crippen LogP contribution in [0.25, 0.3) is 10.8 Å². The first-order valence-corrected chi connectivity index (χ1v) is 6.33. The normalized spacial score (nSPS) is 10.2. The van der Waals surface area contributed by atoms with Gasteiger partial charge in [-0.25, -0.2) is 0 Å². The molecule has 0 unspecified atom stereocenters. The first-order valence-electron chi connectivity index (χ1n) is 6.33. The summed E-state index contributed by atoms with van der Waals surface area (Å²) in [5.74, 6) is -0.120. The summed E-state index contributed by atoms with van der Waals surface area (Å²) in [5.41, 5.74) is 0.713. The van der Waals surface area contributed by atoms with E-state index in [1.165, 1.54) is 10.9 Å². The highest BCUT2D eigenvalue weighted by Crippen LogP contribution is 2.18. The lowest BCUT2D eigenvalue weighted by Gasteiger charge is -2.07. The maximum Gasteiger partial charge on any atom is 0.244 e. The van der Waals surface area contributed by atoms with E-state index in [0.717, 1.165) is 10.8 Å². The minimum atomic E-state index is -0.235. The molecule has 0 spiro atoms. The van der Waals surface area contributed by atoms with Gasteiger partial charge in [0.05, 0.1) is 0 Å². The van der Waals surface area contributed by atoms with Crippen molar-refractivity contribution in [2.24, 2.45) is 0 Å². The molecule has 0 aliphatic carbocycles. The van der Waals surface area contributed by atoms with Gasteiger partial charge in [0.25, 0.3) is 0 Å². The van der Waals surface area contributed by atoms with Gasteiger partial charge in [-0.2, -0.15) is 5.26 Å². The Bertz CT molecular complexity index is 846. The van der Waals surface area contributed by atoms with Gasteiger partial charge < -0.3 is 5.32 Å². The summed E-state index contributed by atoms with van der Waals surface area (Å²) in [6, 6.07) is 15.5. The fourth-order valence-electron chi connectivity index (χ4n) is 2.08. The molecule has 0 fully saturated rings. The maximum atomic E-state index is 12.0. The Morgan fingerprint density at radius 3 is 2.86 bits per heavy atom. The molecule has 0 bridgehead atoms. The van der Waals surface area contributed by atoms with Crippen molar-refractivity contribution in [3.63, 3.8) is 0 Å². The van der Waals surface area contributed by atoms with Gasteiger partial charge in [0, 0.05) is 5.69 Å². The molecule has 6 heteroatoms. The SMILES string of the molecule is N#Cc1nncn1CC(=O)Nc1ccc2ccccc2c1. The minimum absolute atomic E-state index is 0.00270. The van der Waals surface area contributed by atoms with E-state index in [0.29, 0.717) is 5.69 Å². The first-order chi connectivity index (χ1) is 10.3. The smallest absolute Gasteiger partial charge is 0.244 e. The molecule has 3 rings (SSSR count). The molecule has 21 heavy (non-hydrogen) atoms. The fraction of sp³-hybridized carbons (Fsp3) is 0.0667. The van der Waals surface area contributed by atoms with Crippen molar-refractivity contribution in [1.82, 2.24) is 14.8 Å². The molecule has 1 aromatic heterocycles. The molecule has 0 atom stereocenters. The molecule has 2 aromatic carbocycles. The third kappa shape index (κ3) is 2.72. The van der Waals surface area contributed by atoms with Crippen LogP contribution in [-0.4, -0.2) is 20.7 Å². The molecule has 1 amide bonds. The third-order valence-corrected chi connectivity index (χ3v) is 3.06. The second-order valence-corrected chi connectivity index (χ2v) is 4.50. The fourth-order valence-corrected chi connectivity index (χ4v) is 2.08. The number of benzene rings is 2. The van der Waals surface area contributed by atoms with Crippen LogP contribution in [0.15, 0.2) is 48.8 Å². The summed E-state index contributed by atoms with van der Waals surface area (Å²) in [6.45, 7) is 0.00270. The average Bonchev–Trinajstić information content (AvgIpc) is 2.94. The molecular weight excluding hydrogens is 266 g/mol. The summed E-state index contributed by atoms with van der Waals surface area (Å²) in [6.07, 6.45) is 1.36. The Morgan fingerprint density at radius 1 is 1.24 bits per heavy atom. The Labute approximate surface area is 120 Å². The quantitative estimate of drug-likeness (QED) is 0.793. The number of fused-ring (bicyclic) bond motifs is 1. The summed E-state index contributed by atoms with van der Waals surface area (Å²) < 4.78 is 1.40. The van der Waals surface area contributed by atoms with Gasteiger partial charge in [0.15, 0.2) is 0 Å². The van der Waals surface area contributed by atoms with E-state index in [2.05, 4.69) is 15.5 Å². The number of nitriles is 1. The molecule has 0 aliphatic rings. The predicted octanol–water partition coefficient (Wildman–Crippen LogP) is 1.94. The number of aromatic nitrogens is 3. The number of hydrogen-bond acceptors (Lipinski definition) is 4. The molecule has 1 heterocycles. The van der Waals surface area contributed by atoms with Crippen LogP contribution in [0.1, 0.15) is 5.82 Å². The van der Waals surface area contributed by atoms with Crippen molar-refractivity contribution in [3.8, 4) is 6.07 Å². The van der Waals surface area contributed by atoms with Crippen molar-refractivity contribution < 1.29 is 4.79 Å². The third-order valence-electron chi connectivity index (χ3n) is 3.06. The Morgan fingerprint density at radius 2 is 2.05 bits per heavy atom. The van der Waals surface area contributed by atoms with Gasteiger partial charge in [-0.05, 0) is 22.9 Å². The molecule has 0 saturated carbocycles. The molecule has 0 radical (unpaired) electrons. The standard InChI is InChI=1S/C15H11N5O/c16-8-14-19-17-10-20(14)9-15(21)18-13-6-5-11-3-1-2-4-12(11)7-13/h1-7,10H,9H2,(H,18,21). The highest BCUT2D eigenvalue weighted by Gasteiger charge is 2.08. The number of anilines is 1. The molecular formula is C15H11N5O. The largest absolute Gasteiger partial charge is 0.325 e. The van der Waals surface area contributed by atoms with Gasteiger partial charge in [-0.1, -0.05) is 30.3 Å². The summed E-state index contributed by atoms with van der Waals surface area (Å²) >= 11 is 0. The van der Waals surface area contributed by atoms with Crippen molar-refractivity contribution >= 4 is 22.4 Å². The zero-order chi connectivity index (χ0) is 14.7. The van der Waals surface area contributed by atoms with Gasteiger partial charge >= 0.3 is 0 Å². The highest BCUT2D eigenvalue weighted by molar-refractivity contribution is 5.94. The van der Waals surface area contributed by atoms with E-state index < -0.39 is 0 Å². The van der Waals surface area contributed by atoms with Gasteiger partial charge in [0.2, 0.25) is 11.7 Å². The zero-order valence-corrected chi connectivity index (χ0v) is 11.0. The monoisotopic (exact) mass is 277 g/mol. The second-order valence-electron chi connectivity index (χ2n) is 4.50. The van der Waals surface area contributed by atoms with E-state index in [-0.39, 0.29) is 18.3 Å². The van der Waals surface area contributed by atoms with Crippen LogP contribution in [0.5, 0.6) is 0 Å². The van der Waals surface area contributed by atoms with Crippen LogP contribution >= 0.6 is 0 Å². The lowest BCUT2D eigenvalue weighted by atomic mass is 10.1. The molecule has 0 aliphatic heterocycles. The Balaban J connectivity index is 1.76. The van der Waals surface area contributed by atoms with Crippen LogP contribution in [0.2, 0.25) is 0 Å². The van der Waals surface area contributed by atoms with Crippen LogP contribution in [-0.2, 0) is 11.3 Å². The van der Waals surface area contributed by atoms with Crippen molar-refractivity contribution in [3.05, 3.63) is 54.6 Å². The average molecular weight is 277 g/mol. The van der Waals surface area contributed by atoms with Gasteiger partial charge in [-0.3, -0.25) is 9.36 Å². The first kappa shape index (κ1) is 12.8. The summed E-state index contributed by atoms with van der Waals surface area (Å²) in [4.78, 5) is 12.0. The number of amides is 1. The van der Waals surface area contributed by atoms with Crippen LogP contribution < -0.4 is 5.32 Å². The lowest BCUT2D eigenvalue weighted by Crippen LogP contribution is -2.19. The van der Waals surface area contributed by atoms with Crippen LogP contribution in [0.3, 0.4) is 0 Å². The van der Waals surface area contributed by atoms with E-state index in [4.69, 9.17) is 5.26 Å². The van der Waals surface area contributed by atoms with E-state index >= 15 is 0 Å². The molecule has 102 valence electrons. The zero-order valence-electron chi connectivity index (χ0n) is 11.0. The molecule has 3 aromatic rings. The predicted molar refractivity (Wildman–Crippen MR) is 77.3 cm³/mol. The van der Waals surface area contributed by atoms with Crippen LogP contribution in [0, 0.1) is 11.3 Å². The number of carbonyl (C=O) groups is 1. The van der Waals surface area contributed by atoms with E-state index in [1.54, 1.807) is 0 Å². The lowest BCUT2D eigenvalue weighted by molar-refractivity contribution is -0.116. The minimum Gasteiger partial charge on any atom is -0.325 e. The topological polar surface area (TPSA) is 83.6 Å². The number of rotatable bonds is 3. The van der Waals surface area contributed by atoms with Crippen molar-refractivity contribution in [2.45, 2.75) is 6.54 Å². The summed E-state index contributed by atoms with van der Waals surface area (Å²) in [5, 5.41) is 21.0. The highest BCUT2D eigenvalue weighted by atomic mass is 16.1. The Hall–Kier alpha value is -3.20. The maximum absolute atomic E-state index is 12.0. The van der Waals surface area contributed by atoms with Gasteiger partial charge in [-0.15, -0.1) is 10.2 Å². The van der Waals surface area contributed by atoms with E-state index in [9.17, 15) is 4.79 Å². The van der Waals surface area contributed by atoms with Crippen molar-refractivity contribution in [1.29, 1.82) is 5.26 Å². The van der Waals surface area contributed by atoms with Gasteiger partial charge in [0.1, 0.15) is 18.9 Å². The Kier molecular flexibility index (Phi) is 3.31. The van der Waals surface area contributed by atoms with Crippen molar-refractivity contribution in [2.75, 3.05) is 5.32 Å². The number of carbonyl (C=O) groups excluding carboxylic acids is 1. The summed E-state index contributed by atoms with van der Waals surface area (Å²) in [7, 11) is 0. The van der Waals surface area contributed by atoms with Crippen LogP contribution in [0.4, 0.5) is 5.69 Å². The van der Waals surface area contributed by atoms with E-state index in [1.807, 2.05) is 48.5 Å². The number of nitrogens with zero attached hydrogens (tertiary/aromatic N) is 4. The molecule has 0 saturated heterocycles. The molecule has 1 N–H and O–H groups in total. The number of hydrogen-bond donors (Lipinski definition) is 1. The number of nitrogens with one attached hydrogen (secondary N) is 1. The molecule has 6 nitrogen and oxygen atoms in total. The second kappa shape index (κ2) is 5.43.